The molecule has 316 valence electrons. The van der Waals surface area contributed by atoms with Crippen molar-refractivity contribution in [2.45, 2.75) is 197 Å². The van der Waals surface area contributed by atoms with Gasteiger partial charge < -0.3 is 69.6 Å². The van der Waals surface area contributed by atoms with Gasteiger partial charge in [0.15, 0.2) is 12.6 Å². The van der Waals surface area contributed by atoms with Gasteiger partial charge in [-0.25, -0.2) is 0 Å². The van der Waals surface area contributed by atoms with Crippen LogP contribution in [0.5, 0.6) is 0 Å². The molecule has 0 aromatic rings. The van der Waals surface area contributed by atoms with Crippen molar-refractivity contribution in [1.29, 1.82) is 0 Å². The highest BCUT2D eigenvalue weighted by molar-refractivity contribution is 5.33. The molecule has 0 unspecified atom stereocenters. The van der Waals surface area contributed by atoms with Gasteiger partial charge >= 0.3 is 0 Å². The molecule has 0 aromatic heterocycles. The minimum Gasteiger partial charge on any atom is -0.394 e. The number of aliphatic hydroxyl groups excluding tert-OH is 8. The molecule has 3 aliphatic heterocycles. The predicted octanol–water partition coefficient (Wildman–Crippen LogP) is 0.724. The van der Waals surface area contributed by atoms with E-state index in [0.717, 1.165) is 32.1 Å². The summed E-state index contributed by atoms with van der Waals surface area (Å²) in [4.78, 5) is 0. The van der Waals surface area contributed by atoms with E-state index in [4.69, 9.17) is 23.7 Å². The molecule has 8 fully saturated rings. The second kappa shape index (κ2) is 13.2. The Morgan fingerprint density at radius 2 is 1.40 bits per heavy atom. The van der Waals surface area contributed by atoms with Crippen LogP contribution in [-0.4, -0.2) is 150 Å². The van der Waals surface area contributed by atoms with Gasteiger partial charge in [0, 0.05) is 5.92 Å². The Hall–Kier alpha value is -0.560. The van der Waals surface area contributed by atoms with Gasteiger partial charge in [0.25, 0.3) is 0 Å². The van der Waals surface area contributed by atoms with E-state index >= 15 is 0 Å². The van der Waals surface area contributed by atoms with Crippen LogP contribution in [0.4, 0.5) is 0 Å². The van der Waals surface area contributed by atoms with Crippen molar-refractivity contribution < 1.29 is 69.6 Å². The van der Waals surface area contributed by atoms with Crippen molar-refractivity contribution in [2.75, 3.05) is 13.2 Å². The summed E-state index contributed by atoms with van der Waals surface area (Å²) in [6.07, 6.45) is -7.48. The van der Waals surface area contributed by atoms with E-state index < -0.39 is 96.8 Å². The highest BCUT2D eigenvalue weighted by Crippen LogP contribution is 2.89. The van der Waals surface area contributed by atoms with Crippen LogP contribution in [0, 0.1) is 44.8 Å². The molecule has 0 bridgehead atoms. The van der Waals surface area contributed by atoms with E-state index in [1.54, 1.807) is 13.8 Å². The fourth-order valence-corrected chi connectivity index (χ4v) is 14.9. The van der Waals surface area contributed by atoms with Crippen LogP contribution < -0.4 is 0 Å². The van der Waals surface area contributed by atoms with Gasteiger partial charge in [0.05, 0.1) is 48.8 Å². The number of ether oxygens (including phenoxy) is 5. The summed E-state index contributed by atoms with van der Waals surface area (Å²) in [7, 11) is 0. The number of fused-ring (bicyclic) bond motifs is 2. The van der Waals surface area contributed by atoms with Crippen molar-refractivity contribution in [3.63, 3.8) is 0 Å². The summed E-state index contributed by atoms with van der Waals surface area (Å²) in [6.45, 7) is 13.8. The zero-order valence-electron chi connectivity index (χ0n) is 33.6. The van der Waals surface area contributed by atoms with E-state index in [2.05, 4.69) is 34.6 Å². The summed E-state index contributed by atoms with van der Waals surface area (Å²) in [6, 6.07) is 0. The number of hydrogen-bond donors (Lipinski definition) is 9. The van der Waals surface area contributed by atoms with Crippen LogP contribution in [-0.2, 0) is 23.7 Å². The molecule has 5 aliphatic carbocycles. The Bertz CT molecular complexity index is 1460. The van der Waals surface area contributed by atoms with Crippen molar-refractivity contribution in [2.24, 2.45) is 44.8 Å². The Morgan fingerprint density at radius 1 is 0.709 bits per heavy atom. The third-order valence-corrected chi connectivity index (χ3v) is 17.6. The first-order valence-corrected chi connectivity index (χ1v) is 20.9. The zero-order valence-corrected chi connectivity index (χ0v) is 33.6. The van der Waals surface area contributed by atoms with E-state index in [-0.39, 0.29) is 52.1 Å². The molecular weight excluding hydrogens is 716 g/mol. The molecule has 8 rings (SSSR count). The monoisotopic (exact) mass is 784 g/mol. The summed E-state index contributed by atoms with van der Waals surface area (Å²) in [5.74, 6) is -0.215. The Labute approximate surface area is 324 Å². The van der Waals surface area contributed by atoms with E-state index in [1.807, 2.05) is 0 Å². The molecule has 3 saturated heterocycles. The van der Waals surface area contributed by atoms with E-state index in [9.17, 15) is 46.0 Å². The maximum Gasteiger partial charge on any atom is 0.186 e. The highest BCUT2D eigenvalue weighted by Gasteiger charge is 2.85. The first kappa shape index (κ1) is 41.2. The van der Waals surface area contributed by atoms with Crippen molar-refractivity contribution in [3.05, 3.63) is 0 Å². The fraction of sp³-hybridized carbons (Fsp3) is 1.00. The molecule has 55 heavy (non-hydrogen) atoms. The second-order valence-electron chi connectivity index (χ2n) is 21.1. The van der Waals surface area contributed by atoms with Gasteiger partial charge in [-0.2, -0.15) is 0 Å². The largest absolute Gasteiger partial charge is 0.394 e. The van der Waals surface area contributed by atoms with Gasteiger partial charge in [0.1, 0.15) is 42.7 Å². The minimum absolute atomic E-state index is 0.0633. The number of rotatable bonds is 7. The molecule has 5 saturated carbocycles. The quantitative estimate of drug-likeness (QED) is 0.162. The molecule has 14 nitrogen and oxygen atoms in total. The van der Waals surface area contributed by atoms with Crippen LogP contribution in [0.3, 0.4) is 0 Å². The fourth-order valence-electron chi connectivity index (χ4n) is 14.9. The predicted molar refractivity (Wildman–Crippen MR) is 194 cm³/mol. The van der Waals surface area contributed by atoms with E-state index in [1.165, 1.54) is 0 Å². The molecule has 9 N–H and O–H groups in total. The Morgan fingerprint density at radius 3 is 2.05 bits per heavy atom. The van der Waals surface area contributed by atoms with Crippen LogP contribution in [0.1, 0.15) is 106 Å². The Balaban J connectivity index is 1.15. The minimum atomic E-state index is -1.60. The molecule has 0 aromatic carbocycles. The second-order valence-corrected chi connectivity index (χ2v) is 21.1. The van der Waals surface area contributed by atoms with Crippen LogP contribution >= 0.6 is 0 Å². The number of aliphatic hydroxyl groups is 9. The molecule has 8 aliphatic rings. The first-order chi connectivity index (χ1) is 25.5. The standard InChI is InChI=1S/C41H68O14/c1-35(2)24(54-33-29(48)26(45)20(44)17-51-33)9-11-41-18-40(41)13-12-37(5)31(39(7)10-8-25(55-39)36(3,4)50)19(43)15-38(37,6)23(40)14-21(32(35)41)52-34-30(49)28(47)27(46)22(16-42)53-34/h19-34,42-50H,8-18H2,1-7H3/t19-,20+,21-,22-,23-,24+,25-,26-,27-,28+,29+,30-,31+,32-,33-,34-,37+,38-,39+,40-,41+/m0/s1. The number of hydrogen-bond acceptors (Lipinski definition) is 14. The zero-order chi connectivity index (χ0) is 40.1. The van der Waals surface area contributed by atoms with Crippen molar-refractivity contribution >= 4 is 0 Å². The molecular formula is C41H68O14. The SMILES string of the molecule is CC(C)(O)[C@@H]1CC[C@](C)([C@@H]2[C@@H](O)C[C@@]3(C)[C@@H]4C[C@H](O[C@H]5O[C@@H](CO)[C@H](O)[C@@H](O)[C@@H]5O)[C@H]5C(C)(C)[C@H](O[C@@H]6OC[C@@H](O)[C@H](O)[C@H]6O)CC[C@@]56C[C@@]46CC[C@]23C)O1. The van der Waals surface area contributed by atoms with Gasteiger partial charge in [-0.15, -0.1) is 0 Å². The van der Waals surface area contributed by atoms with E-state index in [0.29, 0.717) is 25.7 Å². The van der Waals surface area contributed by atoms with Gasteiger partial charge in [-0.05, 0) is 117 Å². The van der Waals surface area contributed by atoms with Crippen molar-refractivity contribution in [3.8, 4) is 0 Å². The Kier molecular flexibility index (Phi) is 9.90. The molecule has 14 heteroatoms. The lowest BCUT2D eigenvalue weighted by atomic mass is 9.41. The van der Waals surface area contributed by atoms with Gasteiger partial charge in [-0.1, -0.05) is 27.7 Å². The average Bonchev–Trinajstić information content (AvgIpc) is 3.47. The average molecular weight is 785 g/mol. The van der Waals surface area contributed by atoms with Crippen LogP contribution in [0.15, 0.2) is 0 Å². The lowest BCUT2D eigenvalue weighted by Gasteiger charge is -2.65. The molecule has 2 spiro atoms. The maximum absolute atomic E-state index is 12.2. The van der Waals surface area contributed by atoms with Crippen LogP contribution in [0.2, 0.25) is 0 Å². The maximum atomic E-state index is 12.2. The summed E-state index contributed by atoms with van der Waals surface area (Å²) < 4.78 is 31.9. The molecule has 0 amide bonds. The summed E-state index contributed by atoms with van der Waals surface area (Å²) in [5.41, 5.74) is -3.16. The third-order valence-electron chi connectivity index (χ3n) is 17.6. The summed E-state index contributed by atoms with van der Waals surface area (Å²) >= 11 is 0. The lowest BCUT2D eigenvalue weighted by Crippen LogP contribution is -2.65. The topological polar surface area (TPSA) is 228 Å². The van der Waals surface area contributed by atoms with Gasteiger partial charge in [-0.3, -0.25) is 0 Å². The van der Waals surface area contributed by atoms with Crippen molar-refractivity contribution in [1.82, 2.24) is 0 Å². The van der Waals surface area contributed by atoms with Gasteiger partial charge in [0.2, 0.25) is 0 Å². The molecule has 0 radical (unpaired) electrons. The smallest absolute Gasteiger partial charge is 0.186 e. The first-order valence-electron chi connectivity index (χ1n) is 20.9. The summed E-state index contributed by atoms with van der Waals surface area (Å²) in [5, 5.41) is 97.2. The van der Waals surface area contributed by atoms with Crippen LogP contribution in [0.25, 0.3) is 0 Å². The third kappa shape index (κ3) is 5.70. The normalized spacial score (nSPS) is 58.7. The molecule has 3 heterocycles. The highest BCUT2D eigenvalue weighted by atomic mass is 16.7. The lowest BCUT2D eigenvalue weighted by molar-refractivity contribution is -0.339. The molecule has 21 atom stereocenters.